The van der Waals surface area contributed by atoms with E-state index in [1.807, 2.05) is 78.9 Å². The molecule has 0 saturated carbocycles. The van der Waals surface area contributed by atoms with Crippen LogP contribution >= 0.6 is 31.9 Å². The molecule has 1 aromatic heterocycles. The Morgan fingerprint density at radius 1 is 0.710 bits per heavy atom. The van der Waals surface area contributed by atoms with Gasteiger partial charge >= 0.3 is 0 Å². The van der Waals surface area contributed by atoms with Crippen LogP contribution in [0.25, 0.3) is 22.5 Å². The first kappa shape index (κ1) is 21.3. The van der Waals surface area contributed by atoms with Crippen LogP contribution in [0.4, 0.5) is 5.95 Å². The fourth-order valence-electron chi connectivity index (χ4n) is 3.02. The van der Waals surface area contributed by atoms with Gasteiger partial charge in [-0.05, 0) is 5.56 Å². The zero-order chi connectivity index (χ0) is 21.5. The van der Waals surface area contributed by atoms with Crippen molar-refractivity contribution in [3.05, 3.63) is 96.6 Å². The van der Waals surface area contributed by atoms with Crippen molar-refractivity contribution in [3.8, 4) is 22.5 Å². The first-order chi connectivity index (χ1) is 15.2. The number of aromatic nitrogens is 3. The monoisotopic (exact) mass is 535 g/mol. The molecule has 1 N–H and O–H groups in total. The number of halogens is 2. The summed E-state index contributed by atoms with van der Waals surface area (Å²) in [4.78, 5) is 4.75. The van der Waals surface area contributed by atoms with E-state index in [9.17, 15) is 0 Å². The molecule has 4 rings (SSSR count). The lowest BCUT2D eigenvalue weighted by Crippen LogP contribution is -2.10. The molecule has 0 spiro atoms. The Kier molecular flexibility index (Phi) is 7.17. The number of rotatable bonds is 7. The summed E-state index contributed by atoms with van der Waals surface area (Å²) in [5.41, 5.74) is 7.46. The summed E-state index contributed by atoms with van der Waals surface area (Å²) in [6.07, 6.45) is 1.77. The molecular weight excluding hydrogens is 518 g/mol. The fourth-order valence-corrected chi connectivity index (χ4v) is 3.89. The number of nitrogens with zero attached hydrogens (tertiary/aromatic N) is 4. The predicted octanol–water partition coefficient (Wildman–Crippen LogP) is 6.50. The SMILES string of the molecule is BrC(/C=N/Nc1nnc(-c2ccccc2)c(-c2ccccc2)n1)C(Br)c1ccccc1. The highest BCUT2D eigenvalue weighted by molar-refractivity contribution is 9.12. The van der Waals surface area contributed by atoms with Gasteiger partial charge in [-0.15, -0.1) is 10.2 Å². The van der Waals surface area contributed by atoms with E-state index in [4.69, 9.17) is 4.98 Å². The molecule has 0 fully saturated rings. The van der Waals surface area contributed by atoms with Crippen molar-refractivity contribution >= 4 is 44.0 Å². The van der Waals surface area contributed by atoms with Gasteiger partial charge in [-0.25, -0.2) is 10.4 Å². The molecule has 2 atom stereocenters. The van der Waals surface area contributed by atoms with Crippen LogP contribution in [0.5, 0.6) is 0 Å². The zero-order valence-electron chi connectivity index (χ0n) is 16.4. The van der Waals surface area contributed by atoms with E-state index in [1.165, 1.54) is 0 Å². The quantitative estimate of drug-likeness (QED) is 0.166. The molecule has 0 bridgehead atoms. The molecular formula is C24H19Br2N5. The average molecular weight is 537 g/mol. The molecule has 4 aromatic rings. The van der Waals surface area contributed by atoms with Crippen LogP contribution in [-0.2, 0) is 0 Å². The second-order valence-electron chi connectivity index (χ2n) is 6.71. The smallest absolute Gasteiger partial charge is 0.244 e. The summed E-state index contributed by atoms with van der Waals surface area (Å²) < 4.78 is 0. The fraction of sp³-hybridized carbons (Fsp3) is 0.0833. The van der Waals surface area contributed by atoms with E-state index >= 15 is 0 Å². The average Bonchev–Trinajstić information content (AvgIpc) is 2.85. The molecule has 0 aliphatic heterocycles. The van der Waals surface area contributed by atoms with Crippen LogP contribution in [0.15, 0.2) is 96.1 Å². The lowest BCUT2D eigenvalue weighted by molar-refractivity contribution is 0.970. The van der Waals surface area contributed by atoms with E-state index in [1.54, 1.807) is 6.21 Å². The van der Waals surface area contributed by atoms with Crippen LogP contribution in [0.1, 0.15) is 10.4 Å². The van der Waals surface area contributed by atoms with Gasteiger partial charge in [-0.1, -0.05) is 123 Å². The van der Waals surface area contributed by atoms with Gasteiger partial charge in [-0.3, -0.25) is 0 Å². The Morgan fingerprint density at radius 2 is 1.26 bits per heavy atom. The van der Waals surface area contributed by atoms with E-state index in [-0.39, 0.29) is 9.65 Å². The normalized spacial score (nSPS) is 13.1. The molecule has 3 aromatic carbocycles. The van der Waals surface area contributed by atoms with E-state index < -0.39 is 0 Å². The molecule has 7 heteroatoms. The van der Waals surface area contributed by atoms with Gasteiger partial charge in [0.25, 0.3) is 5.95 Å². The highest BCUT2D eigenvalue weighted by Gasteiger charge is 2.16. The van der Waals surface area contributed by atoms with E-state index in [0.29, 0.717) is 5.95 Å². The lowest BCUT2D eigenvalue weighted by Gasteiger charge is -2.13. The minimum Gasteiger partial charge on any atom is -0.244 e. The molecule has 2 unspecified atom stereocenters. The van der Waals surface area contributed by atoms with Crippen molar-refractivity contribution in [3.63, 3.8) is 0 Å². The maximum absolute atomic E-state index is 4.69. The number of alkyl halides is 2. The topological polar surface area (TPSA) is 63.1 Å². The second-order valence-corrected chi connectivity index (χ2v) is 8.76. The molecule has 0 saturated heterocycles. The molecule has 154 valence electrons. The maximum atomic E-state index is 4.69. The van der Waals surface area contributed by atoms with Gasteiger partial charge in [0.2, 0.25) is 0 Å². The highest BCUT2D eigenvalue weighted by atomic mass is 79.9. The molecule has 0 amide bonds. The summed E-state index contributed by atoms with van der Waals surface area (Å²) in [6.45, 7) is 0. The van der Waals surface area contributed by atoms with Gasteiger partial charge in [0.15, 0.2) is 0 Å². The van der Waals surface area contributed by atoms with Gasteiger partial charge in [-0.2, -0.15) is 5.10 Å². The largest absolute Gasteiger partial charge is 0.263 e. The Bertz CT molecular complexity index is 1140. The number of benzene rings is 3. The minimum absolute atomic E-state index is 0.0208. The first-order valence-corrected chi connectivity index (χ1v) is 11.5. The summed E-state index contributed by atoms with van der Waals surface area (Å²) in [6, 6.07) is 30.0. The highest BCUT2D eigenvalue weighted by Crippen LogP contribution is 2.30. The molecule has 5 nitrogen and oxygen atoms in total. The summed E-state index contributed by atoms with van der Waals surface area (Å²) in [5.74, 6) is 0.334. The van der Waals surface area contributed by atoms with Crippen LogP contribution in [-0.4, -0.2) is 26.2 Å². The standard InChI is InChI=1S/C24H19Br2N5/c25-20(21(26)17-10-4-1-5-11-17)16-27-30-24-28-22(18-12-6-2-7-13-18)23(29-31-24)19-14-8-3-9-15-19/h1-16,20-21H,(H,28,30,31)/b27-16+. The van der Waals surface area contributed by atoms with Crippen molar-refractivity contribution in [2.75, 3.05) is 5.43 Å². The summed E-state index contributed by atoms with van der Waals surface area (Å²) >= 11 is 7.36. The number of hydrogen-bond acceptors (Lipinski definition) is 5. The Morgan fingerprint density at radius 3 is 1.87 bits per heavy atom. The number of nitrogens with one attached hydrogen (secondary N) is 1. The number of anilines is 1. The van der Waals surface area contributed by atoms with Gasteiger partial charge in [0.05, 0.1) is 9.65 Å². The molecule has 0 aliphatic carbocycles. The van der Waals surface area contributed by atoms with Crippen LogP contribution in [0.3, 0.4) is 0 Å². The van der Waals surface area contributed by atoms with Crippen molar-refractivity contribution < 1.29 is 0 Å². The Hall–Kier alpha value is -2.90. The number of hydrogen-bond donors (Lipinski definition) is 1. The van der Waals surface area contributed by atoms with Crippen molar-refractivity contribution in [2.45, 2.75) is 9.65 Å². The predicted molar refractivity (Wildman–Crippen MR) is 134 cm³/mol. The second kappa shape index (κ2) is 10.4. The molecule has 1 heterocycles. The number of hydrazone groups is 1. The minimum atomic E-state index is -0.0208. The van der Waals surface area contributed by atoms with Crippen LogP contribution in [0, 0.1) is 0 Å². The zero-order valence-corrected chi connectivity index (χ0v) is 19.6. The van der Waals surface area contributed by atoms with Gasteiger partial charge < -0.3 is 0 Å². The van der Waals surface area contributed by atoms with Gasteiger partial charge in [0, 0.05) is 17.3 Å². The van der Waals surface area contributed by atoms with Gasteiger partial charge in [0.1, 0.15) is 11.4 Å². The van der Waals surface area contributed by atoms with Crippen LogP contribution < -0.4 is 5.43 Å². The van der Waals surface area contributed by atoms with E-state index in [0.717, 1.165) is 28.1 Å². The Balaban J connectivity index is 1.56. The van der Waals surface area contributed by atoms with Crippen molar-refractivity contribution in [1.29, 1.82) is 0 Å². The first-order valence-electron chi connectivity index (χ1n) is 9.70. The summed E-state index contributed by atoms with van der Waals surface area (Å²) in [5, 5.41) is 13.0. The van der Waals surface area contributed by atoms with Crippen molar-refractivity contribution in [2.24, 2.45) is 5.10 Å². The van der Waals surface area contributed by atoms with E-state index in [2.05, 4.69) is 64.7 Å². The molecule has 0 aliphatic rings. The summed E-state index contributed by atoms with van der Waals surface area (Å²) in [7, 11) is 0. The third-order valence-electron chi connectivity index (χ3n) is 4.56. The van der Waals surface area contributed by atoms with Crippen LogP contribution in [0.2, 0.25) is 0 Å². The third-order valence-corrected chi connectivity index (χ3v) is 7.13. The van der Waals surface area contributed by atoms with Crippen molar-refractivity contribution in [1.82, 2.24) is 15.2 Å². The Labute approximate surface area is 197 Å². The maximum Gasteiger partial charge on any atom is 0.263 e. The molecule has 31 heavy (non-hydrogen) atoms. The lowest BCUT2D eigenvalue weighted by atomic mass is 10.0. The third kappa shape index (κ3) is 5.42. The molecule has 0 radical (unpaired) electrons.